The summed E-state index contributed by atoms with van der Waals surface area (Å²) in [6.07, 6.45) is 0.753. The Hall–Kier alpha value is -2.57. The minimum atomic E-state index is -0.582. The number of piperidine rings is 1. The normalized spacial score (nSPS) is 16.4. The number of rotatable bonds is 3. The summed E-state index contributed by atoms with van der Waals surface area (Å²) >= 11 is 0. The molecule has 0 atom stereocenters. The van der Waals surface area contributed by atoms with Crippen LogP contribution in [-0.4, -0.2) is 48.5 Å². The third kappa shape index (κ3) is 5.45. The molecule has 0 bridgehead atoms. The number of anilines is 1. The first-order chi connectivity index (χ1) is 12.5. The van der Waals surface area contributed by atoms with Gasteiger partial charge in [-0.1, -0.05) is 13.0 Å². The van der Waals surface area contributed by atoms with Gasteiger partial charge in [-0.2, -0.15) is 0 Å². The van der Waals surface area contributed by atoms with E-state index in [4.69, 9.17) is 4.74 Å². The molecule has 27 heavy (non-hydrogen) atoms. The second kappa shape index (κ2) is 7.98. The molecule has 1 heterocycles. The third-order valence-electron chi connectivity index (χ3n) is 4.68. The van der Waals surface area contributed by atoms with E-state index in [0.717, 1.165) is 0 Å². The Morgan fingerprint density at radius 3 is 2.33 bits per heavy atom. The smallest absolute Gasteiger partial charge is 0.410 e. The van der Waals surface area contributed by atoms with Crippen molar-refractivity contribution in [2.45, 2.75) is 46.1 Å². The van der Waals surface area contributed by atoms with Gasteiger partial charge in [0, 0.05) is 31.4 Å². The van der Waals surface area contributed by atoms with E-state index in [-0.39, 0.29) is 17.9 Å². The van der Waals surface area contributed by atoms with Crippen molar-refractivity contribution >= 4 is 23.6 Å². The average Bonchev–Trinajstić information content (AvgIpc) is 2.60. The second-order valence-electron chi connectivity index (χ2n) is 8.14. The Morgan fingerprint density at radius 1 is 1.15 bits per heavy atom. The Labute approximate surface area is 160 Å². The average molecular weight is 375 g/mol. The zero-order valence-corrected chi connectivity index (χ0v) is 16.7. The molecule has 0 spiro atoms. The number of hydrogen-bond donors (Lipinski definition) is 2. The number of ether oxygens (including phenoxy) is 1. The van der Waals surface area contributed by atoms with Crippen molar-refractivity contribution in [2.24, 2.45) is 5.41 Å². The molecular weight excluding hydrogens is 346 g/mol. The summed E-state index contributed by atoms with van der Waals surface area (Å²) in [6, 6.07) is 6.82. The van der Waals surface area contributed by atoms with Crippen LogP contribution in [0.3, 0.4) is 0 Å². The lowest BCUT2D eigenvalue weighted by Crippen LogP contribution is -2.48. The molecule has 1 saturated heterocycles. The fraction of sp³-hybridized carbons (Fsp3) is 0.550. The number of hydrogen-bond acceptors (Lipinski definition) is 4. The highest BCUT2D eigenvalue weighted by Gasteiger charge is 2.39. The van der Waals surface area contributed by atoms with Crippen LogP contribution < -0.4 is 10.6 Å². The van der Waals surface area contributed by atoms with E-state index in [1.807, 2.05) is 27.7 Å². The lowest BCUT2D eigenvalue weighted by Gasteiger charge is -2.38. The second-order valence-corrected chi connectivity index (χ2v) is 8.14. The maximum Gasteiger partial charge on any atom is 0.410 e. The van der Waals surface area contributed by atoms with E-state index in [2.05, 4.69) is 10.6 Å². The number of nitrogens with one attached hydrogen (secondary N) is 2. The molecule has 7 heteroatoms. The van der Waals surface area contributed by atoms with Gasteiger partial charge in [0.15, 0.2) is 0 Å². The van der Waals surface area contributed by atoms with Crippen LogP contribution in [0.1, 0.15) is 50.9 Å². The predicted molar refractivity (Wildman–Crippen MR) is 104 cm³/mol. The molecule has 1 aromatic carbocycles. The zero-order valence-electron chi connectivity index (χ0n) is 16.7. The molecule has 2 rings (SSSR count). The molecule has 0 saturated carbocycles. The number of benzene rings is 1. The van der Waals surface area contributed by atoms with E-state index in [9.17, 15) is 14.4 Å². The van der Waals surface area contributed by atoms with Crippen LogP contribution in [0, 0.1) is 5.41 Å². The fourth-order valence-corrected chi connectivity index (χ4v) is 2.90. The number of likely N-dealkylation sites (tertiary alicyclic amines) is 1. The van der Waals surface area contributed by atoms with E-state index >= 15 is 0 Å². The minimum absolute atomic E-state index is 0.111. The predicted octanol–water partition coefficient (Wildman–Crippen LogP) is 3.02. The van der Waals surface area contributed by atoms with E-state index in [1.54, 1.807) is 36.2 Å². The molecule has 148 valence electrons. The van der Waals surface area contributed by atoms with Crippen molar-refractivity contribution in [1.82, 2.24) is 10.2 Å². The molecule has 1 aliphatic heterocycles. The summed E-state index contributed by atoms with van der Waals surface area (Å²) in [5.74, 6) is -0.316. The van der Waals surface area contributed by atoms with Gasteiger partial charge in [-0.25, -0.2) is 4.79 Å². The van der Waals surface area contributed by atoms with E-state index in [1.165, 1.54) is 0 Å². The summed E-state index contributed by atoms with van der Waals surface area (Å²) < 4.78 is 5.40. The molecule has 7 nitrogen and oxygen atoms in total. The summed E-state index contributed by atoms with van der Waals surface area (Å²) in [5, 5.41) is 5.46. The zero-order chi connectivity index (χ0) is 20.2. The van der Waals surface area contributed by atoms with Crippen LogP contribution >= 0.6 is 0 Å². The van der Waals surface area contributed by atoms with Crippen LogP contribution in [0.5, 0.6) is 0 Å². The van der Waals surface area contributed by atoms with Gasteiger partial charge in [0.2, 0.25) is 5.91 Å². The van der Waals surface area contributed by atoms with Gasteiger partial charge in [-0.15, -0.1) is 0 Å². The van der Waals surface area contributed by atoms with Crippen molar-refractivity contribution in [1.29, 1.82) is 0 Å². The highest BCUT2D eigenvalue weighted by atomic mass is 16.6. The fourth-order valence-electron chi connectivity index (χ4n) is 2.90. The largest absolute Gasteiger partial charge is 0.444 e. The van der Waals surface area contributed by atoms with Crippen LogP contribution in [-0.2, 0) is 9.53 Å². The first-order valence-electron chi connectivity index (χ1n) is 9.16. The number of carbonyl (C=O) groups excluding carboxylic acids is 3. The van der Waals surface area contributed by atoms with Gasteiger partial charge in [-0.05, 0) is 51.8 Å². The summed E-state index contributed by atoms with van der Waals surface area (Å²) in [6.45, 7) is 8.34. The van der Waals surface area contributed by atoms with Crippen LogP contribution in [0.2, 0.25) is 0 Å². The van der Waals surface area contributed by atoms with Crippen LogP contribution in [0.15, 0.2) is 24.3 Å². The van der Waals surface area contributed by atoms with Gasteiger partial charge in [0.25, 0.3) is 5.91 Å². The van der Waals surface area contributed by atoms with Crippen molar-refractivity contribution < 1.29 is 19.1 Å². The highest BCUT2D eigenvalue weighted by molar-refractivity contribution is 5.98. The van der Waals surface area contributed by atoms with E-state index < -0.39 is 11.0 Å². The molecule has 0 aromatic heterocycles. The van der Waals surface area contributed by atoms with Crippen molar-refractivity contribution in [2.75, 3.05) is 25.5 Å². The van der Waals surface area contributed by atoms with Gasteiger partial charge < -0.3 is 20.3 Å². The lowest BCUT2D eigenvalue weighted by molar-refractivity contribution is -0.127. The summed E-state index contributed by atoms with van der Waals surface area (Å²) in [5.41, 5.74) is -0.0518. The van der Waals surface area contributed by atoms with Crippen LogP contribution in [0.25, 0.3) is 0 Å². The summed E-state index contributed by atoms with van der Waals surface area (Å²) in [4.78, 5) is 38.4. The lowest BCUT2D eigenvalue weighted by atomic mass is 9.79. The molecule has 1 aliphatic rings. The first kappa shape index (κ1) is 20.7. The minimum Gasteiger partial charge on any atom is -0.444 e. The Balaban J connectivity index is 1.98. The maximum absolute atomic E-state index is 12.8. The molecular formula is C20H29N3O4. The van der Waals surface area contributed by atoms with Crippen LogP contribution in [0.4, 0.5) is 10.5 Å². The molecule has 0 radical (unpaired) electrons. The molecule has 3 amide bonds. The van der Waals surface area contributed by atoms with Gasteiger partial charge >= 0.3 is 6.09 Å². The topological polar surface area (TPSA) is 87.7 Å². The standard InChI is InChI=1S/C20H29N3O4/c1-19(2,3)27-18(26)23-11-9-20(4,10-12-23)17(25)22-15-8-6-7-14(13-15)16(24)21-5/h6-8,13H,9-12H2,1-5H3,(H,21,24)(H,22,25). The highest BCUT2D eigenvalue weighted by Crippen LogP contribution is 2.33. The van der Waals surface area contributed by atoms with Gasteiger partial charge in [0.1, 0.15) is 5.60 Å². The molecule has 0 aliphatic carbocycles. The SMILES string of the molecule is CNC(=O)c1cccc(NC(=O)C2(C)CCN(C(=O)OC(C)(C)C)CC2)c1. The molecule has 0 unspecified atom stereocenters. The van der Waals surface area contributed by atoms with Gasteiger partial charge in [-0.3, -0.25) is 9.59 Å². The Morgan fingerprint density at radius 2 is 1.78 bits per heavy atom. The maximum atomic E-state index is 12.8. The Bertz CT molecular complexity index is 716. The Kier molecular flexibility index (Phi) is 6.13. The van der Waals surface area contributed by atoms with Crippen molar-refractivity contribution in [3.05, 3.63) is 29.8 Å². The monoisotopic (exact) mass is 375 g/mol. The number of nitrogens with zero attached hydrogens (tertiary/aromatic N) is 1. The number of carbonyl (C=O) groups is 3. The molecule has 1 fully saturated rings. The van der Waals surface area contributed by atoms with Gasteiger partial charge in [0.05, 0.1) is 5.41 Å². The van der Waals surface area contributed by atoms with Crippen molar-refractivity contribution in [3.8, 4) is 0 Å². The summed E-state index contributed by atoms with van der Waals surface area (Å²) in [7, 11) is 1.56. The number of amides is 3. The molecule has 2 N–H and O–H groups in total. The van der Waals surface area contributed by atoms with E-state index in [0.29, 0.717) is 37.2 Å². The van der Waals surface area contributed by atoms with Crippen molar-refractivity contribution in [3.63, 3.8) is 0 Å². The molecule has 1 aromatic rings. The quantitative estimate of drug-likeness (QED) is 0.850. The third-order valence-corrected chi connectivity index (χ3v) is 4.68. The first-order valence-corrected chi connectivity index (χ1v) is 9.16.